The van der Waals surface area contributed by atoms with Crippen molar-refractivity contribution in [1.29, 1.82) is 0 Å². The summed E-state index contributed by atoms with van der Waals surface area (Å²) in [6, 6.07) is 9.82. The van der Waals surface area contributed by atoms with E-state index in [1.165, 1.54) is 0 Å². The van der Waals surface area contributed by atoms with Gasteiger partial charge in [0.25, 0.3) is 0 Å². The molecule has 1 fully saturated rings. The van der Waals surface area contributed by atoms with Gasteiger partial charge in [-0.2, -0.15) is 4.98 Å². The molecule has 1 aromatic carbocycles. The number of piperidine rings is 1. The fourth-order valence-corrected chi connectivity index (χ4v) is 3.02. The van der Waals surface area contributed by atoms with Crippen LogP contribution in [0.1, 0.15) is 32.6 Å². The molecule has 2 heterocycles. The van der Waals surface area contributed by atoms with Gasteiger partial charge in [-0.1, -0.05) is 49.3 Å². The first-order valence-corrected chi connectivity index (χ1v) is 9.00. The van der Waals surface area contributed by atoms with Crippen LogP contribution in [0.25, 0.3) is 11.4 Å². The predicted molar refractivity (Wildman–Crippen MR) is 95.6 cm³/mol. The molecule has 134 valence electrons. The van der Waals surface area contributed by atoms with Gasteiger partial charge in [0.1, 0.15) is 0 Å². The molecule has 2 aromatic rings. The molecule has 0 saturated carbocycles. The van der Waals surface area contributed by atoms with Crippen molar-refractivity contribution in [2.24, 2.45) is 11.8 Å². The Morgan fingerprint density at radius 1 is 1.28 bits per heavy atom. The van der Waals surface area contributed by atoms with Crippen LogP contribution in [0.3, 0.4) is 0 Å². The molecule has 1 aliphatic rings. The van der Waals surface area contributed by atoms with E-state index >= 15 is 0 Å². The maximum atomic E-state index is 12.2. The number of nitrogens with zero attached hydrogens (tertiary/aromatic N) is 3. The molecule has 1 saturated heterocycles. The fourth-order valence-electron chi connectivity index (χ4n) is 3.02. The molecular weight excluding hydrogens is 316 g/mol. The summed E-state index contributed by atoms with van der Waals surface area (Å²) in [5.74, 6) is 2.05. The Hall–Kier alpha value is -2.21. The molecule has 6 heteroatoms. The SMILES string of the molecule is CC(C)CNC(=O)C1CCN(Cc2nc(-c3ccccc3)no2)CC1. The molecule has 3 rings (SSSR count). The average molecular weight is 342 g/mol. The van der Waals surface area contributed by atoms with E-state index in [2.05, 4.69) is 34.2 Å². The van der Waals surface area contributed by atoms with Crippen LogP contribution in [0.15, 0.2) is 34.9 Å². The summed E-state index contributed by atoms with van der Waals surface area (Å²) in [5, 5.41) is 7.10. The Bertz CT molecular complexity index is 676. The Morgan fingerprint density at radius 3 is 2.68 bits per heavy atom. The Labute approximate surface area is 148 Å². The van der Waals surface area contributed by atoms with E-state index in [-0.39, 0.29) is 11.8 Å². The number of rotatable bonds is 6. The lowest BCUT2D eigenvalue weighted by Gasteiger charge is -2.30. The molecule has 1 aromatic heterocycles. The van der Waals surface area contributed by atoms with Gasteiger partial charge >= 0.3 is 0 Å². The van der Waals surface area contributed by atoms with Crippen molar-refractivity contribution < 1.29 is 9.32 Å². The highest BCUT2D eigenvalue weighted by molar-refractivity contribution is 5.78. The van der Waals surface area contributed by atoms with E-state index in [1.54, 1.807) is 0 Å². The molecule has 0 radical (unpaired) electrons. The minimum atomic E-state index is 0.123. The van der Waals surface area contributed by atoms with E-state index in [9.17, 15) is 4.79 Å². The molecule has 25 heavy (non-hydrogen) atoms. The van der Waals surface area contributed by atoms with Crippen molar-refractivity contribution >= 4 is 5.91 Å². The first kappa shape index (κ1) is 17.6. The van der Waals surface area contributed by atoms with E-state index in [1.807, 2.05) is 30.3 Å². The molecule has 6 nitrogen and oxygen atoms in total. The van der Waals surface area contributed by atoms with Crippen molar-refractivity contribution in [2.45, 2.75) is 33.2 Å². The average Bonchev–Trinajstić information content (AvgIpc) is 3.09. The maximum absolute atomic E-state index is 12.2. The minimum absolute atomic E-state index is 0.123. The highest BCUT2D eigenvalue weighted by Crippen LogP contribution is 2.20. The third-order valence-electron chi connectivity index (χ3n) is 4.50. The Morgan fingerprint density at radius 2 is 2.00 bits per heavy atom. The summed E-state index contributed by atoms with van der Waals surface area (Å²) in [7, 11) is 0. The summed E-state index contributed by atoms with van der Waals surface area (Å²) in [5.41, 5.74) is 0.957. The van der Waals surface area contributed by atoms with Gasteiger partial charge in [-0.15, -0.1) is 0 Å². The fraction of sp³-hybridized carbons (Fsp3) is 0.526. The molecule has 1 aliphatic heterocycles. The van der Waals surface area contributed by atoms with Crippen LogP contribution in [0.4, 0.5) is 0 Å². The lowest BCUT2D eigenvalue weighted by molar-refractivity contribution is -0.126. The van der Waals surface area contributed by atoms with Gasteiger partial charge in [-0.25, -0.2) is 0 Å². The molecule has 1 N–H and O–H groups in total. The first-order valence-electron chi connectivity index (χ1n) is 9.00. The number of nitrogens with one attached hydrogen (secondary N) is 1. The second-order valence-electron chi connectivity index (χ2n) is 7.07. The zero-order chi connectivity index (χ0) is 17.6. The number of aromatic nitrogens is 2. The van der Waals surface area contributed by atoms with Crippen LogP contribution in [0.2, 0.25) is 0 Å². The third-order valence-corrected chi connectivity index (χ3v) is 4.50. The smallest absolute Gasteiger partial charge is 0.241 e. The normalized spacial score (nSPS) is 16.3. The van der Waals surface area contributed by atoms with Crippen LogP contribution in [-0.2, 0) is 11.3 Å². The quantitative estimate of drug-likeness (QED) is 0.874. The minimum Gasteiger partial charge on any atom is -0.356 e. The van der Waals surface area contributed by atoms with Crippen LogP contribution in [-0.4, -0.2) is 40.6 Å². The molecule has 0 spiro atoms. The number of hydrogen-bond acceptors (Lipinski definition) is 5. The van der Waals surface area contributed by atoms with Crippen LogP contribution < -0.4 is 5.32 Å². The van der Waals surface area contributed by atoms with E-state index in [4.69, 9.17) is 4.52 Å². The summed E-state index contributed by atoms with van der Waals surface area (Å²) < 4.78 is 5.38. The van der Waals surface area contributed by atoms with Crippen molar-refractivity contribution in [3.05, 3.63) is 36.2 Å². The number of carbonyl (C=O) groups excluding carboxylic acids is 1. The van der Waals surface area contributed by atoms with Gasteiger partial charge < -0.3 is 9.84 Å². The highest BCUT2D eigenvalue weighted by atomic mass is 16.5. The standard InChI is InChI=1S/C19H26N4O2/c1-14(2)12-20-19(24)16-8-10-23(11-9-16)13-17-21-18(22-25-17)15-6-4-3-5-7-15/h3-7,14,16H,8-13H2,1-2H3,(H,20,24). The first-order chi connectivity index (χ1) is 12.1. The van der Waals surface area contributed by atoms with Gasteiger partial charge in [0.15, 0.2) is 0 Å². The monoisotopic (exact) mass is 342 g/mol. The topological polar surface area (TPSA) is 71.3 Å². The zero-order valence-corrected chi connectivity index (χ0v) is 14.9. The van der Waals surface area contributed by atoms with Crippen LogP contribution in [0.5, 0.6) is 0 Å². The number of amides is 1. The number of likely N-dealkylation sites (tertiary alicyclic amines) is 1. The van der Waals surface area contributed by atoms with Crippen molar-refractivity contribution in [2.75, 3.05) is 19.6 Å². The number of carbonyl (C=O) groups is 1. The largest absolute Gasteiger partial charge is 0.356 e. The molecule has 0 bridgehead atoms. The van der Waals surface area contributed by atoms with Gasteiger partial charge in [-0.05, 0) is 31.8 Å². The summed E-state index contributed by atoms with van der Waals surface area (Å²) in [6.07, 6.45) is 1.76. The summed E-state index contributed by atoms with van der Waals surface area (Å²) >= 11 is 0. The second kappa shape index (κ2) is 8.25. The van der Waals surface area contributed by atoms with Gasteiger partial charge in [0, 0.05) is 18.0 Å². The van der Waals surface area contributed by atoms with Crippen LogP contribution in [0, 0.1) is 11.8 Å². The van der Waals surface area contributed by atoms with Crippen molar-refractivity contribution in [3.63, 3.8) is 0 Å². The Kier molecular flexibility index (Phi) is 5.81. The van der Waals surface area contributed by atoms with Gasteiger partial charge in [0.05, 0.1) is 6.54 Å². The lowest BCUT2D eigenvalue weighted by atomic mass is 9.95. The van der Waals surface area contributed by atoms with E-state index in [0.717, 1.165) is 38.0 Å². The van der Waals surface area contributed by atoms with Crippen LogP contribution >= 0.6 is 0 Å². The lowest BCUT2D eigenvalue weighted by Crippen LogP contribution is -2.41. The number of hydrogen-bond donors (Lipinski definition) is 1. The maximum Gasteiger partial charge on any atom is 0.241 e. The summed E-state index contributed by atoms with van der Waals surface area (Å²) in [6.45, 7) is 7.36. The number of benzene rings is 1. The molecular formula is C19H26N4O2. The van der Waals surface area contributed by atoms with Gasteiger partial charge in [0.2, 0.25) is 17.6 Å². The van der Waals surface area contributed by atoms with E-state index < -0.39 is 0 Å². The van der Waals surface area contributed by atoms with Gasteiger partial charge in [-0.3, -0.25) is 9.69 Å². The second-order valence-corrected chi connectivity index (χ2v) is 7.07. The highest BCUT2D eigenvalue weighted by Gasteiger charge is 2.25. The van der Waals surface area contributed by atoms with Crippen molar-refractivity contribution in [3.8, 4) is 11.4 Å². The molecule has 1 amide bonds. The predicted octanol–water partition coefficient (Wildman–Crippen LogP) is 2.72. The molecule has 0 atom stereocenters. The molecule has 0 aliphatic carbocycles. The molecule has 0 unspecified atom stereocenters. The Balaban J connectivity index is 1.48. The summed E-state index contributed by atoms with van der Waals surface area (Å²) in [4.78, 5) is 18.9. The van der Waals surface area contributed by atoms with E-state index in [0.29, 0.717) is 24.2 Å². The van der Waals surface area contributed by atoms with Crippen molar-refractivity contribution in [1.82, 2.24) is 20.4 Å². The zero-order valence-electron chi connectivity index (χ0n) is 14.9. The third kappa shape index (κ3) is 4.89.